The Balaban J connectivity index is 4.34. The Labute approximate surface area is 448 Å². The van der Waals surface area contributed by atoms with E-state index in [1.165, 1.54) is 231 Å². The number of carbonyl (C=O) groups is 3. The summed E-state index contributed by atoms with van der Waals surface area (Å²) < 4.78 is 16.9. The number of carbonyl (C=O) groups excluding carboxylic acids is 3. The number of ether oxygens (including phenoxy) is 3. The van der Waals surface area contributed by atoms with Crippen LogP contribution in [0.5, 0.6) is 0 Å². The number of hydrogen-bond donors (Lipinski definition) is 0. The molecule has 1 atom stereocenters. The van der Waals surface area contributed by atoms with Crippen molar-refractivity contribution in [1.29, 1.82) is 0 Å². The molecule has 0 radical (unpaired) electrons. The molecule has 0 saturated carbocycles. The highest BCUT2D eigenvalue weighted by Crippen LogP contribution is 2.17. The van der Waals surface area contributed by atoms with Crippen LogP contribution in [0.4, 0.5) is 0 Å². The van der Waals surface area contributed by atoms with Crippen molar-refractivity contribution in [3.05, 3.63) is 36.5 Å². The Morgan fingerprint density at radius 2 is 0.500 bits per heavy atom. The fourth-order valence-corrected chi connectivity index (χ4v) is 9.53. The van der Waals surface area contributed by atoms with E-state index in [-0.39, 0.29) is 31.1 Å². The molecule has 6 nitrogen and oxygen atoms in total. The molecule has 1 unspecified atom stereocenters. The first kappa shape index (κ1) is 69.6. The van der Waals surface area contributed by atoms with Gasteiger partial charge in [0.25, 0.3) is 0 Å². The minimum atomic E-state index is -0.777. The van der Waals surface area contributed by atoms with Crippen molar-refractivity contribution in [1.82, 2.24) is 0 Å². The molecule has 0 N–H and O–H groups in total. The second kappa shape index (κ2) is 61.2. The second-order valence-corrected chi connectivity index (χ2v) is 21.7. The van der Waals surface area contributed by atoms with Gasteiger partial charge in [0.15, 0.2) is 6.10 Å². The third-order valence-electron chi connectivity index (χ3n) is 14.4. The summed E-state index contributed by atoms with van der Waals surface area (Å²) >= 11 is 0. The van der Waals surface area contributed by atoms with Crippen molar-refractivity contribution in [2.45, 2.75) is 354 Å². The predicted molar refractivity (Wildman–Crippen MR) is 312 cm³/mol. The number of rotatable bonds is 59. The van der Waals surface area contributed by atoms with Crippen LogP contribution in [-0.4, -0.2) is 37.2 Å². The molecule has 0 aliphatic carbocycles. The van der Waals surface area contributed by atoms with E-state index in [0.29, 0.717) is 19.3 Å². The summed E-state index contributed by atoms with van der Waals surface area (Å²) in [5.74, 6) is -0.865. The van der Waals surface area contributed by atoms with E-state index < -0.39 is 6.10 Å². The second-order valence-electron chi connectivity index (χ2n) is 21.7. The molecule has 0 fully saturated rings. The number of allylic oxidation sites excluding steroid dienone is 6. The SMILES string of the molecule is CCCCCC/C=C\C/C=C\CCCCCCCC(=O)OCC(COC(=O)CCCCCCCCCCC/C=C\CCCCCCCC)OC(=O)CCCCCCCCCCCCCCCCCCCCC. The van der Waals surface area contributed by atoms with Crippen LogP contribution in [0.25, 0.3) is 0 Å². The monoisotopic (exact) mass is 1010 g/mol. The van der Waals surface area contributed by atoms with Gasteiger partial charge in [0.2, 0.25) is 0 Å². The average Bonchev–Trinajstić information content (AvgIpc) is 3.38. The van der Waals surface area contributed by atoms with Gasteiger partial charge in [-0.1, -0.05) is 288 Å². The lowest BCUT2D eigenvalue weighted by molar-refractivity contribution is -0.167. The van der Waals surface area contributed by atoms with E-state index in [4.69, 9.17) is 14.2 Å². The highest BCUT2D eigenvalue weighted by molar-refractivity contribution is 5.71. The molecule has 0 bridgehead atoms. The summed E-state index contributed by atoms with van der Waals surface area (Å²) in [6, 6.07) is 0. The zero-order valence-electron chi connectivity index (χ0n) is 48.5. The zero-order chi connectivity index (χ0) is 52.2. The molecule has 422 valence electrons. The van der Waals surface area contributed by atoms with Crippen molar-refractivity contribution < 1.29 is 28.6 Å². The summed E-state index contributed by atoms with van der Waals surface area (Å²) in [6.07, 6.45) is 74.3. The van der Waals surface area contributed by atoms with Crippen molar-refractivity contribution in [2.24, 2.45) is 0 Å². The van der Waals surface area contributed by atoms with Crippen LogP contribution < -0.4 is 0 Å². The van der Waals surface area contributed by atoms with E-state index in [9.17, 15) is 14.4 Å². The van der Waals surface area contributed by atoms with Gasteiger partial charge in [0.05, 0.1) is 0 Å². The minimum absolute atomic E-state index is 0.0737. The summed E-state index contributed by atoms with van der Waals surface area (Å²) in [5, 5.41) is 0. The third-order valence-corrected chi connectivity index (χ3v) is 14.4. The highest BCUT2D eigenvalue weighted by Gasteiger charge is 2.19. The lowest BCUT2D eigenvalue weighted by Crippen LogP contribution is -2.30. The summed E-state index contributed by atoms with van der Waals surface area (Å²) in [4.78, 5) is 38.3. The van der Waals surface area contributed by atoms with E-state index in [1.54, 1.807) is 0 Å². The lowest BCUT2D eigenvalue weighted by atomic mass is 10.0. The minimum Gasteiger partial charge on any atom is -0.462 e. The normalized spacial score (nSPS) is 12.2. The number of hydrogen-bond acceptors (Lipinski definition) is 6. The first-order valence-corrected chi connectivity index (χ1v) is 32.0. The molecule has 0 aromatic heterocycles. The molecule has 0 aromatic carbocycles. The van der Waals surface area contributed by atoms with Crippen LogP contribution in [0, 0.1) is 0 Å². The number of esters is 3. The van der Waals surface area contributed by atoms with Gasteiger partial charge >= 0.3 is 17.9 Å². The fraction of sp³-hybridized carbons (Fsp3) is 0.864. The first-order chi connectivity index (χ1) is 35.5. The van der Waals surface area contributed by atoms with Crippen molar-refractivity contribution in [3.63, 3.8) is 0 Å². The summed E-state index contributed by atoms with van der Waals surface area (Å²) in [6.45, 7) is 6.67. The Morgan fingerprint density at radius 1 is 0.278 bits per heavy atom. The van der Waals surface area contributed by atoms with E-state index >= 15 is 0 Å². The van der Waals surface area contributed by atoms with Crippen LogP contribution >= 0.6 is 0 Å². The van der Waals surface area contributed by atoms with Gasteiger partial charge in [-0.2, -0.15) is 0 Å². The molecular weight excluding hydrogens is 889 g/mol. The number of unbranched alkanes of at least 4 members (excludes halogenated alkanes) is 42. The van der Waals surface area contributed by atoms with Crippen LogP contribution in [0.2, 0.25) is 0 Å². The average molecular weight is 1010 g/mol. The molecule has 0 saturated heterocycles. The van der Waals surface area contributed by atoms with E-state index in [2.05, 4.69) is 57.2 Å². The molecule has 6 heteroatoms. The summed E-state index contributed by atoms with van der Waals surface area (Å²) in [5.41, 5.74) is 0. The molecule has 0 aromatic rings. The van der Waals surface area contributed by atoms with Crippen molar-refractivity contribution in [2.75, 3.05) is 13.2 Å². The molecular formula is C66H122O6. The molecule has 0 amide bonds. The van der Waals surface area contributed by atoms with Crippen molar-refractivity contribution in [3.8, 4) is 0 Å². The standard InChI is InChI=1S/C66H122O6/c1-4-7-10-13-16-19-22-25-28-31-33-35-38-41-44-47-50-53-56-59-65(68)71-62-63(61-70-64(67)58-55-52-49-46-43-40-37-30-27-24-21-18-15-12-9-6-3)72-66(69)60-57-54-51-48-45-42-39-36-34-32-29-26-23-20-17-14-11-8-5-2/h21,24-25,28,30,37,63H,4-20,22-23,26-27,29,31-36,38-62H2,1-3H3/b24-21-,28-25-,37-30-. The highest BCUT2D eigenvalue weighted by atomic mass is 16.6. The molecule has 0 aliphatic heterocycles. The maximum Gasteiger partial charge on any atom is 0.306 e. The predicted octanol–water partition coefficient (Wildman–Crippen LogP) is 21.6. The molecule has 0 rings (SSSR count). The van der Waals surface area contributed by atoms with Gasteiger partial charge in [-0.25, -0.2) is 0 Å². The quantitative estimate of drug-likeness (QED) is 0.0261. The van der Waals surface area contributed by atoms with Gasteiger partial charge in [-0.05, 0) is 77.0 Å². The van der Waals surface area contributed by atoms with Gasteiger partial charge < -0.3 is 14.2 Å². The summed E-state index contributed by atoms with van der Waals surface area (Å²) in [7, 11) is 0. The Bertz CT molecular complexity index is 1210. The first-order valence-electron chi connectivity index (χ1n) is 32.0. The molecule has 0 spiro atoms. The van der Waals surface area contributed by atoms with Crippen LogP contribution in [0.1, 0.15) is 348 Å². The van der Waals surface area contributed by atoms with Gasteiger partial charge in [-0.15, -0.1) is 0 Å². The topological polar surface area (TPSA) is 78.9 Å². The Kier molecular flexibility index (Phi) is 59.2. The largest absolute Gasteiger partial charge is 0.462 e. The molecule has 0 aliphatic rings. The zero-order valence-corrected chi connectivity index (χ0v) is 48.5. The maximum absolute atomic E-state index is 12.9. The van der Waals surface area contributed by atoms with Gasteiger partial charge in [0.1, 0.15) is 13.2 Å². The smallest absolute Gasteiger partial charge is 0.306 e. The van der Waals surface area contributed by atoms with Gasteiger partial charge in [-0.3, -0.25) is 14.4 Å². The molecule has 0 heterocycles. The molecule has 72 heavy (non-hydrogen) atoms. The lowest BCUT2D eigenvalue weighted by Gasteiger charge is -2.18. The van der Waals surface area contributed by atoms with Gasteiger partial charge in [0, 0.05) is 19.3 Å². The fourth-order valence-electron chi connectivity index (χ4n) is 9.53. The van der Waals surface area contributed by atoms with Crippen LogP contribution in [-0.2, 0) is 28.6 Å². The van der Waals surface area contributed by atoms with Crippen molar-refractivity contribution >= 4 is 17.9 Å². The maximum atomic E-state index is 12.9. The van der Waals surface area contributed by atoms with E-state index in [0.717, 1.165) is 77.0 Å². The van der Waals surface area contributed by atoms with Crippen LogP contribution in [0.3, 0.4) is 0 Å². The Hall–Kier alpha value is -2.37. The van der Waals surface area contributed by atoms with Crippen LogP contribution in [0.15, 0.2) is 36.5 Å². The van der Waals surface area contributed by atoms with E-state index in [1.807, 2.05) is 0 Å². The third kappa shape index (κ3) is 58.5. The Morgan fingerprint density at radius 3 is 0.792 bits per heavy atom.